The van der Waals surface area contributed by atoms with E-state index in [0.29, 0.717) is 6.04 Å². The first-order valence-corrected chi connectivity index (χ1v) is 8.03. The summed E-state index contributed by atoms with van der Waals surface area (Å²) in [5.74, 6) is 0.907. The second-order valence-corrected chi connectivity index (χ2v) is 6.42. The molecule has 0 unspecified atom stereocenters. The summed E-state index contributed by atoms with van der Waals surface area (Å²) in [7, 11) is 1.70. The van der Waals surface area contributed by atoms with E-state index in [1.54, 1.807) is 7.11 Å². The minimum Gasteiger partial charge on any atom is -0.497 e. The Bertz CT molecular complexity index is 448. The van der Waals surface area contributed by atoms with Gasteiger partial charge in [-0.3, -0.25) is 0 Å². The summed E-state index contributed by atoms with van der Waals surface area (Å²) in [6.45, 7) is 2.91. The van der Waals surface area contributed by atoms with Crippen LogP contribution >= 0.6 is 0 Å². The third-order valence-electron chi connectivity index (χ3n) is 4.94. The topological polar surface area (TPSA) is 44.7 Å². The molecular weight excluding hydrogens is 264 g/mol. The van der Waals surface area contributed by atoms with Crippen LogP contribution in [-0.4, -0.2) is 43.5 Å². The highest BCUT2D eigenvalue weighted by molar-refractivity contribution is 5.49. The third-order valence-corrected chi connectivity index (χ3v) is 4.94. The zero-order valence-corrected chi connectivity index (χ0v) is 12.8. The van der Waals surface area contributed by atoms with Crippen LogP contribution in [-0.2, 0) is 0 Å². The third kappa shape index (κ3) is 3.50. The van der Waals surface area contributed by atoms with Gasteiger partial charge in [0.05, 0.1) is 12.7 Å². The van der Waals surface area contributed by atoms with Gasteiger partial charge in [-0.2, -0.15) is 0 Å². The van der Waals surface area contributed by atoms with Crippen LogP contribution in [0.4, 0.5) is 5.69 Å². The molecule has 0 bridgehead atoms. The van der Waals surface area contributed by atoms with Crippen LogP contribution in [0, 0.1) is 0 Å². The van der Waals surface area contributed by atoms with Crippen LogP contribution in [0.3, 0.4) is 0 Å². The maximum atomic E-state index is 10.1. The Morgan fingerprint density at radius 3 is 2.43 bits per heavy atom. The van der Waals surface area contributed by atoms with Crippen molar-refractivity contribution < 1.29 is 9.84 Å². The number of nitrogens with one attached hydrogen (secondary N) is 1. The van der Waals surface area contributed by atoms with Gasteiger partial charge < -0.3 is 20.1 Å². The summed E-state index contributed by atoms with van der Waals surface area (Å²) in [5, 5.41) is 13.7. The SMILES string of the molecule is COc1ccc(N2CCC(NCC3(O)CCC3)CC2)cc1. The zero-order valence-electron chi connectivity index (χ0n) is 12.8. The van der Waals surface area contributed by atoms with E-state index in [1.165, 1.54) is 12.1 Å². The van der Waals surface area contributed by atoms with Gasteiger partial charge in [0.25, 0.3) is 0 Å². The Morgan fingerprint density at radius 1 is 1.24 bits per heavy atom. The number of ether oxygens (including phenoxy) is 1. The van der Waals surface area contributed by atoms with Crippen LogP contribution in [0.15, 0.2) is 24.3 Å². The first-order valence-electron chi connectivity index (χ1n) is 8.03. The molecule has 0 spiro atoms. The molecule has 0 atom stereocenters. The summed E-state index contributed by atoms with van der Waals surface area (Å²) in [5.41, 5.74) is 0.861. The Labute approximate surface area is 127 Å². The highest BCUT2D eigenvalue weighted by atomic mass is 16.5. The van der Waals surface area contributed by atoms with Gasteiger partial charge >= 0.3 is 0 Å². The van der Waals surface area contributed by atoms with Crippen molar-refractivity contribution in [3.63, 3.8) is 0 Å². The predicted molar refractivity (Wildman–Crippen MR) is 85.0 cm³/mol. The molecule has 0 amide bonds. The summed E-state index contributed by atoms with van der Waals surface area (Å²) < 4.78 is 5.20. The van der Waals surface area contributed by atoms with E-state index in [4.69, 9.17) is 4.74 Å². The van der Waals surface area contributed by atoms with Crippen molar-refractivity contribution in [1.82, 2.24) is 5.32 Å². The van der Waals surface area contributed by atoms with E-state index in [1.807, 2.05) is 12.1 Å². The molecule has 1 aliphatic heterocycles. The molecule has 1 heterocycles. The number of nitrogens with zero attached hydrogens (tertiary/aromatic N) is 1. The van der Waals surface area contributed by atoms with Crippen molar-refractivity contribution in [3.8, 4) is 5.75 Å². The maximum absolute atomic E-state index is 10.1. The van der Waals surface area contributed by atoms with E-state index >= 15 is 0 Å². The summed E-state index contributed by atoms with van der Waals surface area (Å²) in [6, 6.07) is 8.84. The van der Waals surface area contributed by atoms with E-state index in [-0.39, 0.29) is 0 Å². The Hall–Kier alpha value is -1.26. The fourth-order valence-corrected chi connectivity index (χ4v) is 3.23. The molecule has 0 aromatic heterocycles. The molecule has 2 N–H and O–H groups in total. The van der Waals surface area contributed by atoms with Gasteiger partial charge in [-0.1, -0.05) is 0 Å². The van der Waals surface area contributed by atoms with E-state index in [9.17, 15) is 5.11 Å². The minimum absolute atomic E-state index is 0.410. The van der Waals surface area contributed by atoms with Crippen LogP contribution in [0.1, 0.15) is 32.1 Å². The van der Waals surface area contributed by atoms with Crippen LogP contribution in [0.25, 0.3) is 0 Å². The monoisotopic (exact) mass is 290 g/mol. The average molecular weight is 290 g/mol. The molecule has 116 valence electrons. The lowest BCUT2D eigenvalue weighted by Crippen LogP contribution is -2.51. The van der Waals surface area contributed by atoms with Gasteiger partial charge in [0.1, 0.15) is 5.75 Å². The fraction of sp³-hybridized carbons (Fsp3) is 0.647. The second kappa shape index (κ2) is 6.24. The van der Waals surface area contributed by atoms with Gasteiger partial charge in [-0.05, 0) is 56.4 Å². The predicted octanol–water partition coefficient (Wildman–Crippen LogP) is 2.17. The summed E-state index contributed by atoms with van der Waals surface area (Å²) in [4.78, 5) is 2.43. The second-order valence-electron chi connectivity index (χ2n) is 6.42. The van der Waals surface area contributed by atoms with E-state index in [2.05, 4.69) is 22.3 Å². The molecule has 2 fully saturated rings. The fourth-order valence-electron chi connectivity index (χ4n) is 3.23. The number of rotatable bonds is 5. The van der Waals surface area contributed by atoms with Crippen molar-refractivity contribution in [3.05, 3.63) is 24.3 Å². The number of hydrogen-bond acceptors (Lipinski definition) is 4. The normalized spacial score (nSPS) is 21.9. The summed E-state index contributed by atoms with van der Waals surface area (Å²) in [6.07, 6.45) is 5.38. The molecule has 1 aromatic carbocycles. The molecular formula is C17H26N2O2. The lowest BCUT2D eigenvalue weighted by Gasteiger charge is -2.40. The molecule has 1 aliphatic carbocycles. The van der Waals surface area contributed by atoms with Crippen LogP contribution < -0.4 is 15.0 Å². The lowest BCUT2D eigenvalue weighted by molar-refractivity contribution is -0.0336. The number of piperidine rings is 1. The highest BCUT2D eigenvalue weighted by Gasteiger charge is 2.34. The number of aliphatic hydroxyl groups is 1. The molecule has 21 heavy (non-hydrogen) atoms. The quantitative estimate of drug-likeness (QED) is 0.872. The molecule has 3 rings (SSSR count). The van der Waals surface area contributed by atoms with Gasteiger partial charge in [0.15, 0.2) is 0 Å². The van der Waals surface area contributed by atoms with Gasteiger partial charge in [-0.25, -0.2) is 0 Å². The minimum atomic E-state index is -0.410. The first kappa shape index (κ1) is 14.7. The number of benzene rings is 1. The molecule has 4 nitrogen and oxygen atoms in total. The molecule has 2 aliphatic rings. The van der Waals surface area contributed by atoms with Crippen molar-refractivity contribution in [2.75, 3.05) is 31.6 Å². The highest BCUT2D eigenvalue weighted by Crippen LogP contribution is 2.31. The number of methoxy groups -OCH3 is 1. The molecule has 1 saturated heterocycles. The van der Waals surface area contributed by atoms with Crippen molar-refractivity contribution >= 4 is 5.69 Å². The molecule has 4 heteroatoms. The van der Waals surface area contributed by atoms with Gasteiger partial charge in [0, 0.05) is 31.4 Å². The molecule has 1 aromatic rings. The first-order chi connectivity index (χ1) is 10.2. The van der Waals surface area contributed by atoms with Crippen molar-refractivity contribution in [2.45, 2.75) is 43.7 Å². The maximum Gasteiger partial charge on any atom is 0.119 e. The standard InChI is InChI=1S/C17H26N2O2/c1-21-16-5-3-15(4-6-16)19-11-7-14(8-12-19)18-13-17(20)9-2-10-17/h3-6,14,18,20H,2,7-13H2,1H3. The number of hydrogen-bond donors (Lipinski definition) is 2. The van der Waals surface area contributed by atoms with Crippen molar-refractivity contribution in [1.29, 1.82) is 0 Å². The number of anilines is 1. The lowest BCUT2D eigenvalue weighted by atomic mass is 9.80. The summed E-state index contributed by atoms with van der Waals surface area (Å²) >= 11 is 0. The largest absolute Gasteiger partial charge is 0.497 e. The van der Waals surface area contributed by atoms with Crippen molar-refractivity contribution in [2.24, 2.45) is 0 Å². The van der Waals surface area contributed by atoms with E-state index in [0.717, 1.165) is 51.1 Å². The van der Waals surface area contributed by atoms with Crippen LogP contribution in [0.2, 0.25) is 0 Å². The van der Waals surface area contributed by atoms with Gasteiger partial charge in [-0.15, -0.1) is 0 Å². The Morgan fingerprint density at radius 2 is 1.90 bits per heavy atom. The van der Waals surface area contributed by atoms with E-state index < -0.39 is 5.60 Å². The Kier molecular flexibility index (Phi) is 4.36. The zero-order chi connectivity index (χ0) is 14.7. The van der Waals surface area contributed by atoms with Crippen LogP contribution in [0.5, 0.6) is 5.75 Å². The van der Waals surface area contributed by atoms with Gasteiger partial charge in [0.2, 0.25) is 0 Å². The average Bonchev–Trinajstić information content (AvgIpc) is 2.52. The smallest absolute Gasteiger partial charge is 0.119 e. The molecule has 0 radical (unpaired) electrons. The molecule has 1 saturated carbocycles. The Balaban J connectivity index is 1.45.